The molecule has 2 N–H and O–H groups in total. The number of carbonyl (C=O) groups is 1. The minimum atomic E-state index is -2.32. The molecule has 2 aromatic carbocycles. The van der Waals surface area contributed by atoms with Gasteiger partial charge in [0.15, 0.2) is 5.82 Å². The van der Waals surface area contributed by atoms with Crippen LogP contribution in [0.5, 0.6) is 0 Å². The molecule has 0 amide bonds. The van der Waals surface area contributed by atoms with Gasteiger partial charge in [0.1, 0.15) is 11.3 Å². The quantitative estimate of drug-likeness (QED) is 0.422. The molecule has 0 unspecified atom stereocenters. The molecular weight excluding hydrogens is 447 g/mol. The first-order chi connectivity index (χ1) is 16.4. The van der Waals surface area contributed by atoms with Gasteiger partial charge in [0.2, 0.25) is 5.67 Å². The highest BCUT2D eigenvalue weighted by Gasteiger charge is 2.53. The minimum Gasteiger partial charge on any atom is -0.479 e. The number of halogens is 3. The molecule has 1 aliphatic carbocycles. The molecule has 0 spiro atoms. The summed E-state index contributed by atoms with van der Waals surface area (Å²) in [6.07, 6.45) is 2.48. The molecule has 6 rings (SSSR count). The van der Waals surface area contributed by atoms with Crippen LogP contribution in [0.4, 0.5) is 13.2 Å². The zero-order valence-corrected chi connectivity index (χ0v) is 18.2. The maximum atomic E-state index is 16.0. The van der Waals surface area contributed by atoms with E-state index >= 15 is 4.39 Å². The Balaban J connectivity index is 1.68. The van der Waals surface area contributed by atoms with Crippen LogP contribution < -0.4 is 0 Å². The highest BCUT2D eigenvalue weighted by molar-refractivity contribution is 6.00. The molecule has 1 aliphatic heterocycles. The van der Waals surface area contributed by atoms with Gasteiger partial charge in [-0.3, -0.25) is 5.10 Å². The van der Waals surface area contributed by atoms with E-state index in [-0.39, 0.29) is 30.1 Å². The predicted molar refractivity (Wildman–Crippen MR) is 119 cm³/mol. The number of carboxylic acids is 1. The standard InChI is InChI=1S/C25H22F3N3O3/c26-16-1-3-17(4-2-16)31-18-9-14-12-29-30-22(14)21(27)20(18)19(15-10-25(28,11-15)24(32)33)23(31)13-5-7-34-8-6-13/h1-4,9,12-13,15H,5-8,10-11H2,(H,29,30)(H,32,33)/t15-,25+. The second-order valence-corrected chi connectivity index (χ2v) is 9.29. The molecular formula is C25H22F3N3O3. The molecule has 3 heterocycles. The van der Waals surface area contributed by atoms with Crippen LogP contribution in [0.3, 0.4) is 0 Å². The third-order valence-corrected chi connectivity index (χ3v) is 7.31. The van der Waals surface area contributed by atoms with Crippen LogP contribution in [0.1, 0.15) is 48.8 Å². The smallest absolute Gasteiger partial charge is 0.341 e. The summed E-state index contributed by atoms with van der Waals surface area (Å²) in [5.74, 6) is -2.84. The first kappa shape index (κ1) is 21.2. The minimum absolute atomic E-state index is 0.00323. The number of aromatic amines is 1. The second kappa shape index (κ2) is 7.59. The number of aliphatic carboxylic acids is 1. The molecule has 4 aromatic rings. The summed E-state index contributed by atoms with van der Waals surface area (Å²) in [4.78, 5) is 11.5. The molecule has 34 heavy (non-hydrogen) atoms. The van der Waals surface area contributed by atoms with Crippen molar-refractivity contribution in [2.45, 2.75) is 43.2 Å². The largest absolute Gasteiger partial charge is 0.479 e. The van der Waals surface area contributed by atoms with Crippen molar-refractivity contribution in [1.29, 1.82) is 0 Å². The molecule has 0 radical (unpaired) electrons. The van der Waals surface area contributed by atoms with Crippen LogP contribution in [0.2, 0.25) is 0 Å². The number of nitrogens with zero attached hydrogens (tertiary/aromatic N) is 2. The summed E-state index contributed by atoms with van der Waals surface area (Å²) in [7, 11) is 0. The van der Waals surface area contributed by atoms with Gasteiger partial charge in [-0.15, -0.1) is 0 Å². The van der Waals surface area contributed by atoms with E-state index in [4.69, 9.17) is 4.74 Å². The Labute approximate surface area is 192 Å². The van der Waals surface area contributed by atoms with Crippen LogP contribution >= 0.6 is 0 Å². The summed E-state index contributed by atoms with van der Waals surface area (Å²) < 4.78 is 52.1. The van der Waals surface area contributed by atoms with Crippen LogP contribution in [0.25, 0.3) is 27.5 Å². The Hall–Kier alpha value is -3.33. The molecule has 1 saturated heterocycles. The SMILES string of the molecule is O=C(O)[C@]1(F)C[C@@H](c2c(C3CCOCC3)n(-c3ccc(F)cc3)c3cc4cn[nH]c4c(F)c32)C1. The first-order valence-electron chi connectivity index (χ1n) is 11.3. The zero-order valence-electron chi connectivity index (χ0n) is 18.2. The van der Waals surface area contributed by atoms with Gasteiger partial charge in [-0.2, -0.15) is 5.10 Å². The highest BCUT2D eigenvalue weighted by atomic mass is 19.1. The van der Waals surface area contributed by atoms with Gasteiger partial charge in [0.05, 0.1) is 11.7 Å². The van der Waals surface area contributed by atoms with Gasteiger partial charge in [-0.25, -0.2) is 18.0 Å². The number of carboxylic acid groups (broad SMARTS) is 1. The second-order valence-electron chi connectivity index (χ2n) is 9.29. The number of nitrogens with one attached hydrogen (secondary N) is 1. The van der Waals surface area contributed by atoms with Crippen molar-refractivity contribution < 1.29 is 27.8 Å². The van der Waals surface area contributed by atoms with E-state index < -0.39 is 23.4 Å². The molecule has 1 saturated carbocycles. The van der Waals surface area contributed by atoms with Crippen LogP contribution in [-0.4, -0.2) is 44.7 Å². The Morgan fingerprint density at radius 1 is 1.15 bits per heavy atom. The van der Waals surface area contributed by atoms with E-state index in [9.17, 15) is 18.7 Å². The number of hydrogen-bond donors (Lipinski definition) is 2. The fourth-order valence-corrected chi connectivity index (χ4v) is 5.60. The van der Waals surface area contributed by atoms with Gasteiger partial charge >= 0.3 is 5.97 Å². The zero-order chi connectivity index (χ0) is 23.6. The number of alkyl halides is 1. The van der Waals surface area contributed by atoms with Crippen molar-refractivity contribution in [2.75, 3.05) is 13.2 Å². The van der Waals surface area contributed by atoms with Crippen LogP contribution in [-0.2, 0) is 9.53 Å². The van der Waals surface area contributed by atoms with Gasteiger partial charge in [0.25, 0.3) is 0 Å². The summed E-state index contributed by atoms with van der Waals surface area (Å²) in [6.45, 7) is 1.07. The van der Waals surface area contributed by atoms with Gasteiger partial charge in [-0.05, 0) is 67.5 Å². The van der Waals surface area contributed by atoms with Gasteiger partial charge < -0.3 is 14.4 Å². The van der Waals surface area contributed by atoms with Crippen molar-refractivity contribution >= 4 is 27.8 Å². The summed E-state index contributed by atoms with van der Waals surface area (Å²) in [5, 5.41) is 16.9. The molecule has 2 fully saturated rings. The number of benzene rings is 2. The number of H-pyrrole nitrogens is 1. The van der Waals surface area contributed by atoms with Gasteiger partial charge in [-0.1, -0.05) is 0 Å². The number of aromatic nitrogens is 3. The Bertz CT molecular complexity index is 1410. The first-order valence-corrected chi connectivity index (χ1v) is 11.3. The fourth-order valence-electron chi connectivity index (χ4n) is 5.60. The lowest BCUT2D eigenvalue weighted by Crippen LogP contribution is -2.45. The Kier molecular flexibility index (Phi) is 4.74. The van der Waals surface area contributed by atoms with Crippen LogP contribution in [0.15, 0.2) is 36.5 Å². The molecule has 176 valence electrons. The number of hydrogen-bond acceptors (Lipinski definition) is 3. The van der Waals surface area contributed by atoms with E-state index in [1.165, 1.54) is 18.3 Å². The maximum Gasteiger partial charge on any atom is 0.341 e. The Morgan fingerprint density at radius 3 is 2.53 bits per heavy atom. The van der Waals surface area contributed by atoms with E-state index in [0.29, 0.717) is 53.6 Å². The average Bonchev–Trinajstić information content (AvgIpc) is 3.41. The van der Waals surface area contributed by atoms with Crippen molar-refractivity contribution in [1.82, 2.24) is 14.8 Å². The van der Waals surface area contributed by atoms with E-state index in [1.807, 2.05) is 10.6 Å². The number of fused-ring (bicyclic) bond motifs is 2. The Morgan fingerprint density at radius 2 is 1.85 bits per heavy atom. The maximum absolute atomic E-state index is 16.0. The summed E-state index contributed by atoms with van der Waals surface area (Å²) in [5.41, 5.74) is 0.604. The normalized spacial score (nSPS) is 23.4. The highest BCUT2D eigenvalue weighted by Crippen LogP contribution is 2.54. The topological polar surface area (TPSA) is 80.1 Å². The molecule has 0 bridgehead atoms. The summed E-state index contributed by atoms with van der Waals surface area (Å²) >= 11 is 0. The monoisotopic (exact) mass is 469 g/mol. The molecule has 2 aliphatic rings. The number of ether oxygens (including phenoxy) is 1. The molecule has 0 atom stereocenters. The van der Waals surface area contributed by atoms with Crippen molar-refractivity contribution in [2.24, 2.45) is 0 Å². The lowest BCUT2D eigenvalue weighted by molar-refractivity contribution is -0.158. The summed E-state index contributed by atoms with van der Waals surface area (Å²) in [6, 6.07) is 7.79. The average molecular weight is 469 g/mol. The van der Waals surface area contributed by atoms with E-state index in [1.54, 1.807) is 12.1 Å². The molecule has 9 heteroatoms. The third kappa shape index (κ3) is 3.06. The van der Waals surface area contributed by atoms with Crippen molar-refractivity contribution in [3.05, 3.63) is 59.4 Å². The third-order valence-electron chi connectivity index (χ3n) is 7.31. The van der Waals surface area contributed by atoms with Gasteiger partial charge in [0, 0.05) is 41.3 Å². The van der Waals surface area contributed by atoms with E-state index in [2.05, 4.69) is 10.2 Å². The molecule has 6 nitrogen and oxygen atoms in total. The van der Waals surface area contributed by atoms with Crippen LogP contribution in [0, 0.1) is 11.6 Å². The lowest BCUT2D eigenvalue weighted by atomic mass is 9.67. The number of rotatable bonds is 4. The predicted octanol–water partition coefficient (Wildman–Crippen LogP) is 5.35. The van der Waals surface area contributed by atoms with Crippen molar-refractivity contribution in [3.8, 4) is 5.69 Å². The fraction of sp³-hybridized carbons (Fsp3) is 0.360. The molecule has 2 aromatic heterocycles. The van der Waals surface area contributed by atoms with Crippen molar-refractivity contribution in [3.63, 3.8) is 0 Å². The lowest BCUT2D eigenvalue weighted by Gasteiger charge is -2.39. The van der Waals surface area contributed by atoms with E-state index in [0.717, 1.165) is 5.69 Å².